The fourth-order valence-corrected chi connectivity index (χ4v) is 7.95. The van der Waals surface area contributed by atoms with Crippen molar-refractivity contribution in [1.29, 1.82) is 0 Å². The molecule has 0 fully saturated rings. The van der Waals surface area contributed by atoms with Crippen molar-refractivity contribution in [2.45, 2.75) is 38.5 Å². The predicted molar refractivity (Wildman–Crippen MR) is 182 cm³/mol. The zero-order valence-electron chi connectivity index (χ0n) is 23.8. The van der Waals surface area contributed by atoms with Crippen LogP contribution in [0.15, 0.2) is 91.0 Å². The summed E-state index contributed by atoms with van der Waals surface area (Å²) in [5.74, 6) is 0. The summed E-state index contributed by atoms with van der Waals surface area (Å²) < 4.78 is 0. The third kappa shape index (κ3) is 3.61. The van der Waals surface area contributed by atoms with Crippen LogP contribution < -0.4 is 10.4 Å². The number of allylic oxidation sites excluding steroid dienone is 5. The van der Waals surface area contributed by atoms with Crippen molar-refractivity contribution in [3.8, 4) is 0 Å². The second kappa shape index (κ2) is 9.43. The van der Waals surface area contributed by atoms with Gasteiger partial charge in [-0.2, -0.15) is 0 Å². The first kappa shape index (κ1) is 24.0. The highest BCUT2D eigenvalue weighted by Gasteiger charge is 2.22. The van der Waals surface area contributed by atoms with E-state index in [1.165, 1.54) is 87.6 Å². The topological polar surface area (TPSA) is 0 Å². The van der Waals surface area contributed by atoms with E-state index in [4.69, 9.17) is 0 Å². The molecule has 0 heterocycles. The summed E-state index contributed by atoms with van der Waals surface area (Å²) in [6.45, 7) is 0. The van der Waals surface area contributed by atoms with Gasteiger partial charge in [0.1, 0.15) is 0 Å². The van der Waals surface area contributed by atoms with Crippen LogP contribution in [0.4, 0.5) is 0 Å². The van der Waals surface area contributed by atoms with E-state index in [2.05, 4.69) is 121 Å². The zero-order valence-corrected chi connectivity index (χ0v) is 23.8. The van der Waals surface area contributed by atoms with Crippen LogP contribution in [0.5, 0.6) is 0 Å². The van der Waals surface area contributed by atoms with E-state index in [-0.39, 0.29) is 0 Å². The molecule has 4 aliphatic carbocycles. The van der Waals surface area contributed by atoms with E-state index in [9.17, 15) is 0 Å². The van der Waals surface area contributed by atoms with Gasteiger partial charge in [0, 0.05) is 0 Å². The first-order valence-corrected chi connectivity index (χ1v) is 15.5. The summed E-state index contributed by atoms with van der Waals surface area (Å²) in [4.78, 5) is 0. The standard InChI is InChI=1S/C42H32/c1-2-9-32-26-33(23-16-27(32)8-1)42-38-13-5-3-11-36(38)41(37-12-4-6-14-39(37)42)31-19-17-28(18-20-31)34-25-24-30-22-21-29-10-7-15-35(34)40(29)30/h1-3,5,7-15,17,19,21-22,24-26H,4,6,16,18,20,23H2. The summed E-state index contributed by atoms with van der Waals surface area (Å²) in [6, 6.07) is 29.5. The highest BCUT2D eigenvalue weighted by molar-refractivity contribution is 6.09. The van der Waals surface area contributed by atoms with Crippen molar-refractivity contribution in [2.24, 2.45) is 0 Å². The van der Waals surface area contributed by atoms with Crippen LogP contribution in [-0.2, 0) is 6.42 Å². The summed E-state index contributed by atoms with van der Waals surface area (Å²) in [7, 11) is 0. The minimum atomic E-state index is 1.06. The molecule has 5 aromatic rings. The molecule has 42 heavy (non-hydrogen) atoms. The molecule has 0 atom stereocenters. The van der Waals surface area contributed by atoms with Gasteiger partial charge >= 0.3 is 0 Å². The van der Waals surface area contributed by atoms with Gasteiger partial charge < -0.3 is 0 Å². The number of rotatable bonds is 3. The normalized spacial score (nSPS) is 16.7. The number of benzene rings is 5. The second-order valence-electron chi connectivity index (χ2n) is 12.2. The monoisotopic (exact) mass is 536 g/mol. The Morgan fingerprint density at radius 2 is 1.07 bits per heavy atom. The van der Waals surface area contributed by atoms with Crippen molar-refractivity contribution >= 4 is 68.6 Å². The van der Waals surface area contributed by atoms with Gasteiger partial charge in [-0.3, -0.25) is 0 Å². The van der Waals surface area contributed by atoms with Crippen molar-refractivity contribution in [2.75, 3.05) is 0 Å². The lowest BCUT2D eigenvalue weighted by Gasteiger charge is -2.24. The highest BCUT2D eigenvalue weighted by atomic mass is 14.3. The van der Waals surface area contributed by atoms with Gasteiger partial charge in [-0.1, -0.05) is 121 Å². The molecule has 4 aliphatic rings. The molecule has 0 N–H and O–H groups in total. The van der Waals surface area contributed by atoms with Gasteiger partial charge in [0.25, 0.3) is 0 Å². The van der Waals surface area contributed by atoms with E-state index in [0.29, 0.717) is 0 Å². The van der Waals surface area contributed by atoms with E-state index in [1.807, 2.05) is 0 Å². The van der Waals surface area contributed by atoms with Gasteiger partial charge in [-0.15, -0.1) is 0 Å². The fourth-order valence-electron chi connectivity index (χ4n) is 7.95. The first-order chi connectivity index (χ1) is 20.8. The largest absolute Gasteiger partial charge is 0.0757 e. The summed E-state index contributed by atoms with van der Waals surface area (Å²) in [5, 5.41) is 8.50. The minimum Gasteiger partial charge on any atom is -0.0757 e. The number of hydrogen-bond acceptors (Lipinski definition) is 0. The summed E-state index contributed by atoms with van der Waals surface area (Å²) >= 11 is 0. The Labute approximate surface area is 247 Å². The zero-order chi connectivity index (χ0) is 27.6. The van der Waals surface area contributed by atoms with Crippen LogP contribution in [0.1, 0.15) is 71.0 Å². The Bertz CT molecular complexity index is 2220. The van der Waals surface area contributed by atoms with Gasteiger partial charge in [0.05, 0.1) is 0 Å². The van der Waals surface area contributed by atoms with Gasteiger partial charge in [-0.05, 0) is 126 Å². The second-order valence-corrected chi connectivity index (χ2v) is 12.2. The molecule has 0 aromatic heterocycles. The molecule has 0 bridgehead atoms. The Morgan fingerprint density at radius 3 is 1.86 bits per heavy atom. The van der Waals surface area contributed by atoms with E-state index in [0.717, 1.165) is 38.5 Å². The predicted octanol–water partition coefficient (Wildman–Crippen LogP) is 9.58. The molecule has 0 nitrogen and oxygen atoms in total. The van der Waals surface area contributed by atoms with Crippen LogP contribution in [-0.4, -0.2) is 0 Å². The van der Waals surface area contributed by atoms with Crippen LogP contribution in [0, 0.1) is 0 Å². The van der Waals surface area contributed by atoms with E-state index < -0.39 is 0 Å². The molecular weight excluding hydrogens is 504 g/mol. The Balaban J connectivity index is 1.23. The van der Waals surface area contributed by atoms with Crippen molar-refractivity contribution in [1.82, 2.24) is 0 Å². The average molecular weight is 537 g/mol. The molecule has 5 aromatic carbocycles. The molecule has 0 heteroatoms. The van der Waals surface area contributed by atoms with E-state index >= 15 is 0 Å². The fraction of sp³-hybridized carbons (Fsp3) is 0.143. The van der Waals surface area contributed by atoms with Crippen molar-refractivity contribution in [3.05, 3.63) is 140 Å². The quantitative estimate of drug-likeness (QED) is 0.211. The smallest absolute Gasteiger partial charge is 0.00327 e. The van der Waals surface area contributed by atoms with Crippen LogP contribution in [0.2, 0.25) is 0 Å². The van der Waals surface area contributed by atoms with Crippen molar-refractivity contribution < 1.29 is 0 Å². The maximum atomic E-state index is 2.52. The molecule has 9 rings (SSSR count). The van der Waals surface area contributed by atoms with Gasteiger partial charge in [-0.25, -0.2) is 0 Å². The lowest BCUT2D eigenvalue weighted by atomic mass is 9.80. The highest BCUT2D eigenvalue weighted by Crippen LogP contribution is 2.40. The lowest BCUT2D eigenvalue weighted by molar-refractivity contribution is 0.999. The third-order valence-corrected chi connectivity index (χ3v) is 9.89. The molecular formula is C42H32. The minimum absolute atomic E-state index is 1.06. The molecule has 0 spiro atoms. The molecule has 0 saturated heterocycles. The lowest BCUT2D eigenvalue weighted by Crippen LogP contribution is -2.34. The number of aryl methyl sites for hydroxylation is 1. The Hall–Kier alpha value is -4.68. The number of fused-ring (bicyclic) bond motifs is 3. The molecule has 200 valence electrons. The molecule has 0 radical (unpaired) electrons. The van der Waals surface area contributed by atoms with E-state index in [1.54, 1.807) is 0 Å². The molecule has 0 saturated carbocycles. The maximum absolute atomic E-state index is 2.52. The molecule has 0 aliphatic heterocycles. The maximum Gasteiger partial charge on any atom is -0.00327 e. The van der Waals surface area contributed by atoms with Gasteiger partial charge in [0.2, 0.25) is 0 Å². The van der Waals surface area contributed by atoms with Crippen molar-refractivity contribution in [3.63, 3.8) is 0 Å². The number of hydrogen-bond donors (Lipinski definition) is 0. The van der Waals surface area contributed by atoms with Gasteiger partial charge in [0.15, 0.2) is 0 Å². The summed E-state index contributed by atoms with van der Waals surface area (Å²) in [6.07, 6.45) is 23.4. The first-order valence-electron chi connectivity index (χ1n) is 15.5. The third-order valence-electron chi connectivity index (χ3n) is 9.89. The average Bonchev–Trinajstić information content (AvgIpc) is 3.48. The SMILES string of the molecule is C1=Cc2ccc(C3=CC=C(c4c5c(c(C6=Cc7ccccc7CC6)c6ccccc46)=CCCC=5)CC3)c3cccc1c23. The van der Waals surface area contributed by atoms with Crippen LogP contribution >= 0.6 is 0 Å². The Morgan fingerprint density at radius 1 is 0.452 bits per heavy atom. The molecule has 0 amide bonds. The Kier molecular flexibility index (Phi) is 5.38. The summed E-state index contributed by atoms with van der Waals surface area (Å²) in [5.41, 5.74) is 14.3. The van der Waals surface area contributed by atoms with Crippen LogP contribution in [0.25, 0.3) is 68.6 Å². The molecule has 0 unspecified atom stereocenters. The van der Waals surface area contributed by atoms with Crippen LogP contribution in [0.3, 0.4) is 0 Å².